The van der Waals surface area contributed by atoms with Crippen LogP contribution >= 0.6 is 0 Å². The van der Waals surface area contributed by atoms with Gasteiger partial charge in [-0.25, -0.2) is 0 Å². The van der Waals surface area contributed by atoms with Crippen LogP contribution in [0.4, 0.5) is 0 Å². The minimum atomic E-state index is -0.830. The molecule has 1 saturated carbocycles. The lowest BCUT2D eigenvalue weighted by Crippen LogP contribution is -2.42. The molecule has 0 amide bonds. The normalized spacial score (nSPS) is 27.4. The summed E-state index contributed by atoms with van der Waals surface area (Å²) in [6, 6.07) is 9.00. The van der Waals surface area contributed by atoms with Gasteiger partial charge in [-0.1, -0.05) is 12.1 Å². The van der Waals surface area contributed by atoms with E-state index < -0.39 is 11.4 Å². The number of hydrogen-bond acceptors (Lipinski definition) is 3. The van der Waals surface area contributed by atoms with Crippen LogP contribution in [0.5, 0.6) is 0 Å². The van der Waals surface area contributed by atoms with Gasteiger partial charge in [0.2, 0.25) is 0 Å². The summed E-state index contributed by atoms with van der Waals surface area (Å²) in [5.74, 6) is -0.792. The maximum absolute atomic E-state index is 11.6. The van der Waals surface area contributed by atoms with Crippen molar-refractivity contribution in [3.63, 3.8) is 0 Å². The van der Waals surface area contributed by atoms with E-state index in [9.17, 15) is 9.90 Å². The summed E-state index contributed by atoms with van der Waals surface area (Å²) in [5, 5.41) is 18.3. The number of carboxylic acid groups (broad SMARTS) is 1. The molecule has 0 aromatic heterocycles. The number of nitrogens with zero attached hydrogens (tertiary/aromatic N) is 1. The van der Waals surface area contributed by atoms with Crippen molar-refractivity contribution in [3.8, 4) is 6.07 Å². The standard InChI is InChI=1S/C14H16N2O2/c15-9-10-1-3-11(4-2-10)14(13(17)18)7-5-12(16)6-8-14/h1-4,12H,5-8,16H2,(H,17,18). The summed E-state index contributed by atoms with van der Waals surface area (Å²) >= 11 is 0. The van der Waals surface area contributed by atoms with Crippen molar-refractivity contribution in [1.82, 2.24) is 0 Å². The van der Waals surface area contributed by atoms with Crippen LogP contribution in [0, 0.1) is 11.3 Å². The molecule has 0 aliphatic heterocycles. The lowest BCUT2D eigenvalue weighted by atomic mass is 9.68. The first-order chi connectivity index (χ1) is 8.58. The summed E-state index contributed by atoms with van der Waals surface area (Å²) < 4.78 is 0. The Morgan fingerprint density at radius 2 is 1.89 bits per heavy atom. The largest absolute Gasteiger partial charge is 0.481 e. The van der Waals surface area contributed by atoms with Gasteiger partial charge in [0.1, 0.15) is 0 Å². The molecule has 0 unspecified atom stereocenters. The molecule has 0 heterocycles. The molecule has 0 saturated heterocycles. The lowest BCUT2D eigenvalue weighted by molar-refractivity contribution is -0.145. The second-order valence-corrected chi connectivity index (χ2v) is 4.91. The van der Waals surface area contributed by atoms with Crippen LogP contribution in [-0.4, -0.2) is 17.1 Å². The average Bonchev–Trinajstić information content (AvgIpc) is 2.40. The van der Waals surface area contributed by atoms with Crippen LogP contribution in [0.2, 0.25) is 0 Å². The molecule has 1 fully saturated rings. The number of benzene rings is 1. The maximum atomic E-state index is 11.6. The predicted octanol–water partition coefficient (Wildman–Crippen LogP) is 1.78. The fourth-order valence-corrected chi connectivity index (χ4v) is 2.62. The molecule has 1 aliphatic rings. The lowest BCUT2D eigenvalue weighted by Gasteiger charge is -2.36. The van der Waals surface area contributed by atoms with E-state index in [0.29, 0.717) is 18.4 Å². The van der Waals surface area contributed by atoms with Crippen molar-refractivity contribution >= 4 is 5.97 Å². The maximum Gasteiger partial charge on any atom is 0.314 e. The van der Waals surface area contributed by atoms with Gasteiger partial charge in [-0.15, -0.1) is 0 Å². The topological polar surface area (TPSA) is 87.1 Å². The number of carboxylic acids is 1. The molecule has 1 aromatic rings. The first-order valence-electron chi connectivity index (χ1n) is 6.08. The Kier molecular flexibility index (Phi) is 3.35. The molecule has 4 heteroatoms. The van der Waals surface area contributed by atoms with Gasteiger partial charge in [0, 0.05) is 6.04 Å². The third-order valence-corrected chi connectivity index (χ3v) is 3.86. The fraction of sp³-hybridized carbons (Fsp3) is 0.429. The fourth-order valence-electron chi connectivity index (χ4n) is 2.62. The van der Waals surface area contributed by atoms with Crippen molar-refractivity contribution < 1.29 is 9.90 Å². The third kappa shape index (κ3) is 2.09. The minimum absolute atomic E-state index is 0.107. The van der Waals surface area contributed by atoms with Gasteiger partial charge in [-0.2, -0.15) is 5.26 Å². The Morgan fingerprint density at radius 3 is 2.33 bits per heavy atom. The number of hydrogen-bond donors (Lipinski definition) is 2. The van der Waals surface area contributed by atoms with E-state index in [2.05, 4.69) is 0 Å². The molecule has 1 aliphatic carbocycles. The Hall–Kier alpha value is -1.86. The zero-order valence-electron chi connectivity index (χ0n) is 10.1. The Labute approximate surface area is 106 Å². The Balaban J connectivity index is 2.35. The zero-order chi connectivity index (χ0) is 13.2. The highest BCUT2D eigenvalue weighted by molar-refractivity contribution is 5.81. The second-order valence-electron chi connectivity index (χ2n) is 4.91. The van der Waals surface area contributed by atoms with Gasteiger partial charge in [-0.3, -0.25) is 4.79 Å². The summed E-state index contributed by atoms with van der Waals surface area (Å²) in [6.07, 6.45) is 2.59. The van der Waals surface area contributed by atoms with Gasteiger partial charge in [-0.05, 0) is 43.4 Å². The molecule has 0 bridgehead atoms. The van der Waals surface area contributed by atoms with Crippen LogP contribution in [0.25, 0.3) is 0 Å². The smallest absolute Gasteiger partial charge is 0.314 e. The summed E-state index contributed by atoms with van der Waals surface area (Å²) in [6.45, 7) is 0. The van der Waals surface area contributed by atoms with Crippen molar-refractivity contribution in [2.75, 3.05) is 0 Å². The summed E-state index contributed by atoms with van der Waals surface area (Å²) in [7, 11) is 0. The first-order valence-corrected chi connectivity index (χ1v) is 6.08. The van der Waals surface area contributed by atoms with Gasteiger partial charge >= 0.3 is 5.97 Å². The molecule has 94 valence electrons. The molecular formula is C14H16N2O2. The van der Waals surface area contributed by atoms with E-state index in [0.717, 1.165) is 18.4 Å². The van der Waals surface area contributed by atoms with Crippen LogP contribution in [-0.2, 0) is 10.2 Å². The van der Waals surface area contributed by atoms with E-state index >= 15 is 0 Å². The highest BCUT2D eigenvalue weighted by Gasteiger charge is 2.42. The number of nitrogens with two attached hydrogens (primary N) is 1. The van der Waals surface area contributed by atoms with Crippen LogP contribution < -0.4 is 5.73 Å². The highest BCUT2D eigenvalue weighted by atomic mass is 16.4. The predicted molar refractivity (Wildman–Crippen MR) is 66.9 cm³/mol. The summed E-state index contributed by atoms with van der Waals surface area (Å²) in [4.78, 5) is 11.6. The van der Waals surface area contributed by atoms with Crippen LogP contribution in [0.3, 0.4) is 0 Å². The van der Waals surface area contributed by atoms with E-state index in [-0.39, 0.29) is 6.04 Å². The SMILES string of the molecule is N#Cc1ccc(C2(C(=O)O)CCC(N)CC2)cc1. The van der Waals surface area contributed by atoms with Gasteiger partial charge in [0.25, 0.3) is 0 Å². The molecule has 2 rings (SSSR count). The Morgan fingerprint density at radius 1 is 1.33 bits per heavy atom. The molecule has 18 heavy (non-hydrogen) atoms. The molecule has 1 aromatic carbocycles. The number of nitriles is 1. The molecular weight excluding hydrogens is 228 g/mol. The van der Waals surface area contributed by atoms with E-state index in [1.54, 1.807) is 24.3 Å². The number of carbonyl (C=O) groups is 1. The van der Waals surface area contributed by atoms with E-state index in [4.69, 9.17) is 11.0 Å². The zero-order valence-corrected chi connectivity index (χ0v) is 10.1. The van der Waals surface area contributed by atoms with Gasteiger partial charge in [0.15, 0.2) is 0 Å². The third-order valence-electron chi connectivity index (χ3n) is 3.86. The van der Waals surface area contributed by atoms with Crippen molar-refractivity contribution in [1.29, 1.82) is 5.26 Å². The molecule has 4 nitrogen and oxygen atoms in total. The van der Waals surface area contributed by atoms with Gasteiger partial charge < -0.3 is 10.8 Å². The van der Waals surface area contributed by atoms with E-state index in [1.807, 2.05) is 6.07 Å². The van der Waals surface area contributed by atoms with Crippen LogP contribution in [0.15, 0.2) is 24.3 Å². The van der Waals surface area contributed by atoms with Crippen molar-refractivity contribution in [2.45, 2.75) is 37.1 Å². The molecule has 0 spiro atoms. The quantitative estimate of drug-likeness (QED) is 0.830. The number of aliphatic carboxylic acids is 1. The van der Waals surface area contributed by atoms with Crippen molar-refractivity contribution in [2.24, 2.45) is 5.73 Å². The average molecular weight is 244 g/mol. The monoisotopic (exact) mass is 244 g/mol. The summed E-state index contributed by atoms with van der Waals surface area (Å²) in [5.41, 5.74) is 6.34. The molecule has 3 N–H and O–H groups in total. The molecule has 0 radical (unpaired) electrons. The van der Waals surface area contributed by atoms with Crippen LogP contribution in [0.1, 0.15) is 36.8 Å². The second kappa shape index (κ2) is 4.79. The van der Waals surface area contributed by atoms with Crippen molar-refractivity contribution in [3.05, 3.63) is 35.4 Å². The Bertz CT molecular complexity index is 480. The number of rotatable bonds is 2. The van der Waals surface area contributed by atoms with Gasteiger partial charge in [0.05, 0.1) is 17.0 Å². The highest BCUT2D eigenvalue weighted by Crippen LogP contribution is 2.39. The van der Waals surface area contributed by atoms with E-state index in [1.165, 1.54) is 0 Å². The minimum Gasteiger partial charge on any atom is -0.481 e. The molecule has 0 atom stereocenters. The first kappa shape index (κ1) is 12.6.